The van der Waals surface area contributed by atoms with Crippen molar-refractivity contribution in [1.82, 2.24) is 9.55 Å². The van der Waals surface area contributed by atoms with Crippen molar-refractivity contribution in [1.29, 1.82) is 0 Å². The normalized spacial score (nSPS) is 11.1. The minimum Gasteiger partial charge on any atom is -0.462 e. The molecule has 0 aliphatic rings. The average Bonchev–Trinajstić information content (AvgIpc) is 2.48. The molecular weight excluding hydrogens is 300 g/mol. The van der Waals surface area contributed by atoms with E-state index >= 15 is 0 Å². The van der Waals surface area contributed by atoms with Crippen LogP contribution < -0.4 is 5.56 Å². The lowest BCUT2D eigenvalue weighted by molar-refractivity contribution is -0.144. The van der Waals surface area contributed by atoms with E-state index in [9.17, 15) is 9.59 Å². The van der Waals surface area contributed by atoms with Crippen LogP contribution >= 0.6 is 11.8 Å². The number of thioether (sulfide) groups is 1. The van der Waals surface area contributed by atoms with E-state index in [4.69, 9.17) is 4.74 Å². The lowest BCUT2D eigenvalue weighted by atomic mass is 10.2. The molecule has 0 bridgehead atoms. The highest BCUT2D eigenvalue weighted by Crippen LogP contribution is 2.18. The molecule has 2 aromatic rings. The van der Waals surface area contributed by atoms with Crippen LogP contribution in [0.25, 0.3) is 10.9 Å². The van der Waals surface area contributed by atoms with Crippen molar-refractivity contribution in [3.8, 4) is 0 Å². The van der Waals surface area contributed by atoms with E-state index in [1.807, 2.05) is 39.0 Å². The van der Waals surface area contributed by atoms with E-state index in [0.29, 0.717) is 22.6 Å². The number of rotatable bonds is 6. The molecule has 118 valence electrons. The van der Waals surface area contributed by atoms with Crippen molar-refractivity contribution >= 4 is 28.6 Å². The Kier molecular flexibility index (Phi) is 5.60. The number of carbonyl (C=O) groups excluding carboxylic acids is 1. The first-order chi connectivity index (χ1) is 10.5. The molecule has 2 rings (SSSR count). The van der Waals surface area contributed by atoms with Gasteiger partial charge in [-0.2, -0.15) is 0 Å². The highest BCUT2D eigenvalue weighted by Gasteiger charge is 2.13. The molecule has 0 saturated carbocycles. The zero-order chi connectivity index (χ0) is 16.1. The standard InChI is InChI=1S/C16H20N2O3S/c1-4-9-18-15(20)12-7-5-6-8-13(12)17-16(18)22-10-14(19)21-11(2)3/h5-8,11H,4,9-10H2,1-3H3. The van der Waals surface area contributed by atoms with Gasteiger partial charge in [-0.25, -0.2) is 4.98 Å². The SMILES string of the molecule is CCCn1c(SCC(=O)OC(C)C)nc2ccccc2c1=O. The summed E-state index contributed by atoms with van der Waals surface area (Å²) in [6.45, 7) is 6.20. The number of carbonyl (C=O) groups is 1. The number of hydrogen-bond acceptors (Lipinski definition) is 5. The summed E-state index contributed by atoms with van der Waals surface area (Å²) in [6.07, 6.45) is 0.680. The molecule has 6 heteroatoms. The summed E-state index contributed by atoms with van der Waals surface area (Å²) in [5, 5.41) is 1.16. The molecule has 1 heterocycles. The summed E-state index contributed by atoms with van der Waals surface area (Å²) in [5.74, 6) is -0.155. The highest BCUT2D eigenvalue weighted by molar-refractivity contribution is 7.99. The molecular formula is C16H20N2O3S. The molecule has 5 nitrogen and oxygen atoms in total. The van der Waals surface area contributed by atoms with Crippen LogP contribution in [0.15, 0.2) is 34.2 Å². The molecule has 0 radical (unpaired) electrons. The van der Waals surface area contributed by atoms with E-state index in [2.05, 4.69) is 4.98 Å². The highest BCUT2D eigenvalue weighted by atomic mass is 32.2. The first-order valence-corrected chi connectivity index (χ1v) is 8.33. The van der Waals surface area contributed by atoms with Crippen molar-refractivity contribution in [2.24, 2.45) is 0 Å². The van der Waals surface area contributed by atoms with Gasteiger partial charge < -0.3 is 4.74 Å². The average molecular weight is 320 g/mol. The zero-order valence-electron chi connectivity index (χ0n) is 13.0. The van der Waals surface area contributed by atoms with Gasteiger partial charge in [0.15, 0.2) is 5.16 Å². The number of hydrogen-bond donors (Lipinski definition) is 0. The second kappa shape index (κ2) is 7.45. The summed E-state index contributed by atoms with van der Waals surface area (Å²) in [7, 11) is 0. The van der Waals surface area contributed by atoms with E-state index in [1.54, 1.807) is 10.6 Å². The number of nitrogens with zero attached hydrogens (tertiary/aromatic N) is 2. The second-order valence-electron chi connectivity index (χ2n) is 5.20. The Morgan fingerprint density at radius 1 is 1.36 bits per heavy atom. The van der Waals surface area contributed by atoms with Gasteiger partial charge in [-0.3, -0.25) is 14.2 Å². The number of ether oxygens (including phenoxy) is 1. The van der Waals surface area contributed by atoms with Gasteiger partial charge >= 0.3 is 5.97 Å². The Bertz CT molecular complexity index is 725. The summed E-state index contributed by atoms with van der Waals surface area (Å²) in [5.41, 5.74) is 0.590. The van der Waals surface area contributed by atoms with Crippen LogP contribution in [-0.4, -0.2) is 27.4 Å². The maximum Gasteiger partial charge on any atom is 0.316 e. The molecule has 0 amide bonds. The first kappa shape index (κ1) is 16.5. The van der Waals surface area contributed by atoms with Crippen LogP contribution in [0.1, 0.15) is 27.2 Å². The van der Waals surface area contributed by atoms with Gasteiger partial charge in [0.05, 0.1) is 22.8 Å². The molecule has 0 N–H and O–H groups in total. The molecule has 1 aromatic heterocycles. The Balaban J connectivity index is 2.33. The van der Waals surface area contributed by atoms with Crippen molar-refractivity contribution < 1.29 is 9.53 Å². The number of aromatic nitrogens is 2. The topological polar surface area (TPSA) is 61.2 Å². The molecule has 0 aliphatic heterocycles. The summed E-state index contributed by atoms with van der Waals surface area (Å²) in [4.78, 5) is 28.8. The number of fused-ring (bicyclic) bond motifs is 1. The molecule has 1 aromatic carbocycles. The van der Waals surface area contributed by atoms with Gasteiger partial charge in [0, 0.05) is 6.54 Å². The Morgan fingerprint density at radius 2 is 2.09 bits per heavy atom. The summed E-state index contributed by atoms with van der Waals surface area (Å²) in [6, 6.07) is 7.26. The van der Waals surface area contributed by atoms with Gasteiger partial charge in [0.1, 0.15) is 0 Å². The predicted molar refractivity (Wildman–Crippen MR) is 88.2 cm³/mol. The lowest BCUT2D eigenvalue weighted by Gasteiger charge is -2.12. The van der Waals surface area contributed by atoms with E-state index in [-0.39, 0.29) is 23.4 Å². The van der Waals surface area contributed by atoms with Gasteiger partial charge in [0.25, 0.3) is 5.56 Å². The van der Waals surface area contributed by atoms with Crippen LogP contribution in [0.4, 0.5) is 0 Å². The van der Waals surface area contributed by atoms with Crippen LogP contribution in [0.2, 0.25) is 0 Å². The van der Waals surface area contributed by atoms with Crippen molar-refractivity contribution in [3.05, 3.63) is 34.6 Å². The quantitative estimate of drug-likeness (QED) is 0.465. The molecule has 0 fully saturated rings. The molecule has 22 heavy (non-hydrogen) atoms. The van der Waals surface area contributed by atoms with E-state index in [0.717, 1.165) is 6.42 Å². The Morgan fingerprint density at radius 3 is 2.77 bits per heavy atom. The monoisotopic (exact) mass is 320 g/mol. The second-order valence-corrected chi connectivity index (χ2v) is 6.14. The fourth-order valence-electron chi connectivity index (χ4n) is 2.10. The summed E-state index contributed by atoms with van der Waals surface area (Å²) >= 11 is 1.24. The number of benzene rings is 1. The van der Waals surface area contributed by atoms with Crippen molar-refractivity contribution in [2.75, 3.05) is 5.75 Å². The fourth-order valence-corrected chi connectivity index (χ4v) is 2.91. The van der Waals surface area contributed by atoms with Crippen LogP contribution in [-0.2, 0) is 16.1 Å². The van der Waals surface area contributed by atoms with Gasteiger partial charge in [-0.1, -0.05) is 30.8 Å². The lowest BCUT2D eigenvalue weighted by Crippen LogP contribution is -2.24. The first-order valence-electron chi connectivity index (χ1n) is 7.34. The van der Waals surface area contributed by atoms with Crippen LogP contribution in [0.3, 0.4) is 0 Å². The van der Waals surface area contributed by atoms with E-state index in [1.165, 1.54) is 11.8 Å². The van der Waals surface area contributed by atoms with Crippen LogP contribution in [0.5, 0.6) is 0 Å². The van der Waals surface area contributed by atoms with E-state index < -0.39 is 0 Å². The maximum atomic E-state index is 12.6. The molecule has 0 atom stereocenters. The van der Waals surface area contributed by atoms with Crippen LogP contribution in [0, 0.1) is 0 Å². The maximum absolute atomic E-state index is 12.6. The predicted octanol–water partition coefficient (Wildman–Crippen LogP) is 2.85. The third kappa shape index (κ3) is 3.88. The smallest absolute Gasteiger partial charge is 0.316 e. The number of esters is 1. The molecule has 0 aliphatic carbocycles. The minimum atomic E-state index is -0.301. The Hall–Kier alpha value is -1.82. The third-order valence-electron chi connectivity index (χ3n) is 2.96. The Labute approximate surface area is 133 Å². The zero-order valence-corrected chi connectivity index (χ0v) is 13.9. The third-order valence-corrected chi connectivity index (χ3v) is 3.91. The fraction of sp³-hybridized carbons (Fsp3) is 0.438. The largest absolute Gasteiger partial charge is 0.462 e. The molecule has 0 unspecified atom stereocenters. The van der Waals surface area contributed by atoms with Gasteiger partial charge in [-0.15, -0.1) is 0 Å². The summed E-state index contributed by atoms with van der Waals surface area (Å²) < 4.78 is 6.75. The van der Waals surface area contributed by atoms with Gasteiger partial charge in [0.2, 0.25) is 0 Å². The van der Waals surface area contributed by atoms with Crippen molar-refractivity contribution in [2.45, 2.75) is 45.0 Å². The van der Waals surface area contributed by atoms with Crippen molar-refractivity contribution in [3.63, 3.8) is 0 Å². The number of para-hydroxylation sites is 1. The molecule has 0 spiro atoms. The molecule has 0 saturated heterocycles. The van der Waals surface area contributed by atoms with Gasteiger partial charge in [-0.05, 0) is 32.4 Å². The minimum absolute atomic E-state index is 0.0628.